The van der Waals surface area contributed by atoms with Crippen molar-refractivity contribution in [2.75, 3.05) is 6.61 Å². The summed E-state index contributed by atoms with van der Waals surface area (Å²) in [5.41, 5.74) is 3.22. The molecule has 0 aromatic heterocycles. The Morgan fingerprint density at radius 1 is 0.933 bits per heavy atom. The zero-order valence-corrected chi connectivity index (χ0v) is 18.4. The molecule has 1 aliphatic carbocycles. The fourth-order valence-corrected chi connectivity index (χ4v) is 4.14. The first-order chi connectivity index (χ1) is 14.6. The van der Waals surface area contributed by atoms with E-state index in [1.54, 1.807) is 0 Å². The van der Waals surface area contributed by atoms with Gasteiger partial charge in [-0.1, -0.05) is 69.5 Å². The van der Waals surface area contributed by atoms with Gasteiger partial charge in [-0.3, -0.25) is 9.59 Å². The summed E-state index contributed by atoms with van der Waals surface area (Å²) in [5, 5.41) is 0. The Morgan fingerprint density at radius 3 is 2.23 bits per heavy atom. The van der Waals surface area contributed by atoms with Gasteiger partial charge in [0.1, 0.15) is 17.3 Å². The lowest BCUT2D eigenvalue weighted by atomic mass is 9.78. The second-order valence-electron chi connectivity index (χ2n) is 8.68. The number of benzene rings is 2. The molecule has 1 aliphatic rings. The van der Waals surface area contributed by atoms with Crippen LogP contribution in [0.3, 0.4) is 0 Å². The minimum Gasteiger partial charge on any atom is -0.494 e. The van der Waals surface area contributed by atoms with E-state index in [2.05, 4.69) is 26.0 Å². The predicted molar refractivity (Wildman–Crippen MR) is 122 cm³/mol. The average Bonchev–Trinajstić information content (AvgIpc) is 2.74. The molecule has 0 heterocycles. The van der Waals surface area contributed by atoms with Gasteiger partial charge in [-0.2, -0.15) is 0 Å². The quantitative estimate of drug-likeness (QED) is 0.337. The van der Waals surface area contributed by atoms with Gasteiger partial charge in [0.05, 0.1) is 12.5 Å². The number of ketones is 2. The summed E-state index contributed by atoms with van der Waals surface area (Å²) in [4.78, 5) is 24.8. The topological polar surface area (TPSA) is 43.4 Å². The molecule has 0 spiro atoms. The van der Waals surface area contributed by atoms with Gasteiger partial charge in [0.2, 0.25) is 0 Å². The molecule has 0 amide bonds. The molecule has 2 aromatic rings. The van der Waals surface area contributed by atoms with E-state index in [0.29, 0.717) is 25.2 Å². The second kappa shape index (κ2) is 11.1. The molecule has 0 saturated heterocycles. The van der Waals surface area contributed by atoms with E-state index in [1.165, 1.54) is 19.3 Å². The Bertz CT molecular complexity index is 820. The van der Waals surface area contributed by atoms with Crippen LogP contribution in [0.25, 0.3) is 11.1 Å². The number of unbranched alkanes of at least 4 members (excludes halogenated alkanes) is 3. The summed E-state index contributed by atoms with van der Waals surface area (Å²) in [6.45, 7) is 5.07. The highest BCUT2D eigenvalue weighted by atomic mass is 16.5. The Balaban J connectivity index is 1.52. The Labute approximate surface area is 180 Å². The fourth-order valence-electron chi connectivity index (χ4n) is 4.14. The third-order valence-corrected chi connectivity index (χ3v) is 6.06. The van der Waals surface area contributed by atoms with Crippen molar-refractivity contribution in [2.24, 2.45) is 11.8 Å². The minimum atomic E-state index is -0.393. The van der Waals surface area contributed by atoms with E-state index < -0.39 is 5.92 Å². The molecule has 2 aromatic carbocycles. The van der Waals surface area contributed by atoms with Crippen LogP contribution in [0.4, 0.5) is 0 Å². The monoisotopic (exact) mass is 406 g/mol. The van der Waals surface area contributed by atoms with Crippen LogP contribution in [0.2, 0.25) is 0 Å². The van der Waals surface area contributed by atoms with Gasteiger partial charge in [0, 0.05) is 12.8 Å². The van der Waals surface area contributed by atoms with E-state index >= 15 is 0 Å². The first kappa shape index (κ1) is 22.3. The van der Waals surface area contributed by atoms with Gasteiger partial charge in [-0.05, 0) is 54.0 Å². The largest absolute Gasteiger partial charge is 0.494 e. The van der Waals surface area contributed by atoms with Crippen LogP contribution in [0.1, 0.15) is 64.4 Å². The number of ether oxygens (including phenoxy) is 1. The molecular formula is C27H34O3. The lowest BCUT2D eigenvalue weighted by Crippen LogP contribution is -2.31. The van der Waals surface area contributed by atoms with Crippen molar-refractivity contribution in [3.63, 3.8) is 0 Å². The Hall–Kier alpha value is -2.42. The predicted octanol–water partition coefficient (Wildman–Crippen LogP) is 6.43. The maximum Gasteiger partial charge on any atom is 0.147 e. The maximum atomic E-state index is 12.6. The SMILES string of the molecule is CCCCCCOc1ccc(-c2ccc(CC(=O)C3CCC(C)CC3=O)cc2)cc1. The highest BCUT2D eigenvalue weighted by Crippen LogP contribution is 2.28. The zero-order chi connectivity index (χ0) is 21.3. The lowest BCUT2D eigenvalue weighted by molar-refractivity contribution is -0.134. The van der Waals surface area contributed by atoms with Gasteiger partial charge in [0.15, 0.2) is 0 Å². The summed E-state index contributed by atoms with van der Waals surface area (Å²) >= 11 is 0. The summed E-state index contributed by atoms with van der Waals surface area (Å²) < 4.78 is 5.81. The Morgan fingerprint density at radius 2 is 1.60 bits per heavy atom. The highest BCUT2D eigenvalue weighted by Gasteiger charge is 2.31. The molecule has 0 radical (unpaired) electrons. The number of carbonyl (C=O) groups is 2. The van der Waals surface area contributed by atoms with Gasteiger partial charge in [-0.25, -0.2) is 0 Å². The summed E-state index contributed by atoms with van der Waals surface area (Å²) in [6, 6.07) is 16.3. The lowest BCUT2D eigenvalue weighted by Gasteiger charge is -2.23. The van der Waals surface area contributed by atoms with Crippen LogP contribution in [0, 0.1) is 11.8 Å². The van der Waals surface area contributed by atoms with E-state index in [9.17, 15) is 9.59 Å². The average molecular weight is 407 g/mol. The summed E-state index contributed by atoms with van der Waals surface area (Å²) in [6.07, 6.45) is 7.39. The molecule has 3 nitrogen and oxygen atoms in total. The first-order valence-electron chi connectivity index (χ1n) is 11.4. The van der Waals surface area contributed by atoms with E-state index in [1.807, 2.05) is 36.4 Å². The van der Waals surface area contributed by atoms with Gasteiger partial charge in [-0.15, -0.1) is 0 Å². The van der Waals surface area contributed by atoms with Crippen molar-refractivity contribution in [1.29, 1.82) is 0 Å². The number of hydrogen-bond donors (Lipinski definition) is 0. The maximum absolute atomic E-state index is 12.6. The number of carbonyl (C=O) groups excluding carboxylic acids is 2. The van der Waals surface area contributed by atoms with Crippen molar-refractivity contribution in [1.82, 2.24) is 0 Å². The van der Waals surface area contributed by atoms with Crippen LogP contribution in [0.15, 0.2) is 48.5 Å². The molecule has 0 bridgehead atoms. The van der Waals surface area contributed by atoms with Gasteiger partial charge < -0.3 is 4.74 Å². The molecule has 3 heteroatoms. The minimum absolute atomic E-state index is 0.0695. The third-order valence-electron chi connectivity index (χ3n) is 6.06. The molecule has 3 rings (SSSR count). The molecule has 160 valence electrons. The molecule has 2 unspecified atom stereocenters. The van der Waals surface area contributed by atoms with Crippen LogP contribution >= 0.6 is 0 Å². The Kier molecular flexibility index (Phi) is 8.24. The van der Waals surface area contributed by atoms with Crippen molar-refractivity contribution in [3.8, 4) is 16.9 Å². The third kappa shape index (κ3) is 6.29. The normalized spacial score (nSPS) is 18.9. The van der Waals surface area contributed by atoms with Gasteiger partial charge >= 0.3 is 0 Å². The molecule has 1 fully saturated rings. The van der Waals surface area contributed by atoms with Crippen LogP contribution in [-0.2, 0) is 16.0 Å². The number of rotatable bonds is 10. The molecule has 1 saturated carbocycles. The molecule has 30 heavy (non-hydrogen) atoms. The van der Waals surface area contributed by atoms with E-state index in [0.717, 1.165) is 41.9 Å². The van der Waals surface area contributed by atoms with Crippen molar-refractivity contribution in [3.05, 3.63) is 54.1 Å². The van der Waals surface area contributed by atoms with Crippen molar-refractivity contribution >= 4 is 11.6 Å². The summed E-state index contributed by atoms with van der Waals surface area (Å²) in [7, 11) is 0. The standard InChI is InChI=1S/C27H34O3/c1-3-4-5-6-17-30-24-14-12-23(13-15-24)22-10-8-21(9-11-22)19-27(29)25-16-7-20(2)18-26(25)28/h8-15,20,25H,3-7,16-19H2,1-2H3. The first-order valence-corrected chi connectivity index (χ1v) is 11.4. The highest BCUT2D eigenvalue weighted by molar-refractivity contribution is 6.03. The van der Waals surface area contributed by atoms with E-state index in [4.69, 9.17) is 4.74 Å². The molecule has 0 aliphatic heterocycles. The molecule has 0 N–H and O–H groups in total. The number of hydrogen-bond acceptors (Lipinski definition) is 3. The molecular weight excluding hydrogens is 372 g/mol. The zero-order valence-electron chi connectivity index (χ0n) is 18.4. The van der Waals surface area contributed by atoms with Crippen molar-refractivity contribution < 1.29 is 14.3 Å². The fraction of sp³-hybridized carbons (Fsp3) is 0.481. The van der Waals surface area contributed by atoms with E-state index in [-0.39, 0.29) is 11.6 Å². The van der Waals surface area contributed by atoms with Gasteiger partial charge in [0.25, 0.3) is 0 Å². The van der Waals surface area contributed by atoms with Crippen LogP contribution in [-0.4, -0.2) is 18.2 Å². The molecule has 2 atom stereocenters. The van der Waals surface area contributed by atoms with Crippen molar-refractivity contribution in [2.45, 2.75) is 65.2 Å². The number of Topliss-reactive ketones (excluding diaryl/α,β-unsaturated/α-hetero) is 2. The van der Waals surface area contributed by atoms with Crippen LogP contribution in [0.5, 0.6) is 5.75 Å². The van der Waals surface area contributed by atoms with Crippen LogP contribution < -0.4 is 4.74 Å². The second-order valence-corrected chi connectivity index (χ2v) is 8.68. The smallest absolute Gasteiger partial charge is 0.147 e. The summed E-state index contributed by atoms with van der Waals surface area (Å²) in [5.74, 6) is 1.13.